The third-order valence-corrected chi connectivity index (χ3v) is 4.14. The van der Waals surface area contributed by atoms with E-state index in [0.717, 1.165) is 37.7 Å². The Morgan fingerprint density at radius 2 is 2.04 bits per heavy atom. The van der Waals surface area contributed by atoms with Crippen LogP contribution < -0.4 is 11.1 Å². The number of rotatable bonds is 9. The lowest BCUT2D eigenvalue weighted by molar-refractivity contribution is 0.123. The lowest BCUT2D eigenvalue weighted by Gasteiger charge is -2.10. The molecule has 1 unspecified atom stereocenters. The average Bonchev–Trinajstić information content (AvgIpc) is 3.35. The first-order valence-electron chi connectivity index (χ1n) is 8.43. The molecule has 3 N–H and O–H groups in total. The summed E-state index contributed by atoms with van der Waals surface area (Å²) in [6.07, 6.45) is 4.75. The molecule has 1 atom stereocenters. The Labute approximate surface area is 157 Å². The van der Waals surface area contributed by atoms with Gasteiger partial charge < -0.3 is 15.8 Å². The summed E-state index contributed by atoms with van der Waals surface area (Å²) in [5.41, 5.74) is 8.24. The lowest BCUT2D eigenvalue weighted by Crippen LogP contribution is -2.23. The van der Waals surface area contributed by atoms with E-state index in [4.69, 9.17) is 10.5 Å². The Morgan fingerprint density at radius 1 is 1.35 bits per heavy atom. The molecule has 0 spiro atoms. The van der Waals surface area contributed by atoms with Crippen molar-refractivity contribution in [1.82, 2.24) is 0 Å². The second-order valence-electron chi connectivity index (χ2n) is 6.20. The third-order valence-electron chi connectivity index (χ3n) is 4.14. The van der Waals surface area contributed by atoms with Gasteiger partial charge in [-0.3, -0.25) is 4.99 Å². The highest BCUT2D eigenvalue weighted by Crippen LogP contribution is 2.28. The van der Waals surface area contributed by atoms with Crippen LogP contribution in [0.5, 0.6) is 0 Å². The van der Waals surface area contributed by atoms with Crippen LogP contribution in [0.15, 0.2) is 29.3 Å². The molecule has 2 rings (SSSR count). The van der Waals surface area contributed by atoms with Crippen LogP contribution in [0, 0.1) is 5.92 Å². The fourth-order valence-electron chi connectivity index (χ4n) is 2.22. The highest BCUT2D eigenvalue weighted by molar-refractivity contribution is 14.0. The Bertz CT molecular complexity index is 472. The van der Waals surface area contributed by atoms with E-state index in [1.807, 2.05) is 0 Å². The molecule has 1 aromatic carbocycles. The molecule has 0 amide bonds. The quantitative estimate of drug-likeness (QED) is 0.264. The van der Waals surface area contributed by atoms with Gasteiger partial charge in [0.05, 0.1) is 0 Å². The van der Waals surface area contributed by atoms with E-state index in [1.54, 1.807) is 0 Å². The zero-order valence-electron chi connectivity index (χ0n) is 14.3. The summed E-state index contributed by atoms with van der Waals surface area (Å²) in [4.78, 5) is 4.33. The highest BCUT2D eigenvalue weighted by atomic mass is 127. The largest absolute Gasteiger partial charge is 0.381 e. The van der Waals surface area contributed by atoms with Gasteiger partial charge in [0.1, 0.15) is 0 Å². The molecule has 130 valence electrons. The molecule has 1 saturated carbocycles. The number of guanidine groups is 1. The SMILES string of the molecule is CCC(C)c1ccc(NC(N)=NCCCOCC2CC2)cc1.I. The number of anilines is 1. The van der Waals surface area contributed by atoms with E-state index >= 15 is 0 Å². The first-order chi connectivity index (χ1) is 10.7. The molecule has 1 aromatic rings. The molecule has 0 saturated heterocycles. The van der Waals surface area contributed by atoms with E-state index < -0.39 is 0 Å². The summed E-state index contributed by atoms with van der Waals surface area (Å²) in [6.45, 7) is 6.84. The molecule has 4 nitrogen and oxygen atoms in total. The Balaban J connectivity index is 0.00000264. The van der Waals surface area contributed by atoms with Crippen molar-refractivity contribution < 1.29 is 4.74 Å². The van der Waals surface area contributed by atoms with E-state index in [1.165, 1.54) is 18.4 Å². The number of ether oxygens (including phenoxy) is 1. The number of halogens is 1. The van der Waals surface area contributed by atoms with Crippen molar-refractivity contribution in [2.75, 3.05) is 25.1 Å². The maximum absolute atomic E-state index is 5.90. The van der Waals surface area contributed by atoms with Crippen molar-refractivity contribution >= 4 is 35.6 Å². The van der Waals surface area contributed by atoms with Crippen LogP contribution in [0.2, 0.25) is 0 Å². The Kier molecular flexibility index (Phi) is 9.55. The van der Waals surface area contributed by atoms with E-state index in [-0.39, 0.29) is 24.0 Å². The van der Waals surface area contributed by atoms with Crippen molar-refractivity contribution in [2.24, 2.45) is 16.6 Å². The average molecular weight is 431 g/mol. The first-order valence-corrected chi connectivity index (χ1v) is 8.43. The summed E-state index contributed by atoms with van der Waals surface area (Å²) in [6, 6.07) is 8.41. The minimum Gasteiger partial charge on any atom is -0.381 e. The lowest BCUT2D eigenvalue weighted by atomic mass is 9.99. The summed E-state index contributed by atoms with van der Waals surface area (Å²) < 4.78 is 5.57. The van der Waals surface area contributed by atoms with Gasteiger partial charge in [0.25, 0.3) is 0 Å². The second kappa shape index (κ2) is 10.9. The van der Waals surface area contributed by atoms with Gasteiger partial charge in [0, 0.05) is 25.4 Å². The maximum atomic E-state index is 5.90. The molecule has 1 aliphatic carbocycles. The second-order valence-corrected chi connectivity index (χ2v) is 6.20. The summed E-state index contributed by atoms with van der Waals surface area (Å²) >= 11 is 0. The van der Waals surface area contributed by atoms with Gasteiger partial charge >= 0.3 is 0 Å². The molecule has 0 heterocycles. The van der Waals surface area contributed by atoms with Crippen LogP contribution in [-0.4, -0.2) is 25.7 Å². The zero-order chi connectivity index (χ0) is 15.8. The zero-order valence-corrected chi connectivity index (χ0v) is 16.6. The van der Waals surface area contributed by atoms with E-state index in [9.17, 15) is 0 Å². The molecule has 0 bridgehead atoms. The Hall–Kier alpha value is -0.820. The van der Waals surface area contributed by atoms with Crippen LogP contribution >= 0.6 is 24.0 Å². The van der Waals surface area contributed by atoms with Gasteiger partial charge in [0.2, 0.25) is 0 Å². The summed E-state index contributed by atoms with van der Waals surface area (Å²) in [5, 5.41) is 3.13. The number of nitrogens with one attached hydrogen (secondary N) is 1. The molecular weight excluding hydrogens is 401 g/mol. The van der Waals surface area contributed by atoms with Crippen LogP contribution in [0.25, 0.3) is 0 Å². The number of aliphatic imine (C=N–C) groups is 1. The molecular formula is C18H30IN3O. The molecule has 5 heteroatoms. The van der Waals surface area contributed by atoms with Gasteiger partial charge in [-0.15, -0.1) is 24.0 Å². The molecule has 1 fully saturated rings. The summed E-state index contributed by atoms with van der Waals surface area (Å²) in [5.74, 6) is 1.89. The number of nitrogens with two attached hydrogens (primary N) is 1. The molecule has 0 aromatic heterocycles. The summed E-state index contributed by atoms with van der Waals surface area (Å²) in [7, 11) is 0. The number of benzene rings is 1. The minimum absolute atomic E-state index is 0. The minimum atomic E-state index is 0. The van der Waals surface area contributed by atoms with E-state index in [0.29, 0.717) is 18.4 Å². The standard InChI is InChI=1S/C18H29N3O.HI/c1-3-14(2)16-7-9-17(10-8-16)21-18(19)20-11-4-12-22-13-15-5-6-15;/h7-10,14-15H,3-6,11-13H2,1-2H3,(H3,19,20,21);1H. The fraction of sp³-hybridized carbons (Fsp3) is 0.611. The monoisotopic (exact) mass is 431 g/mol. The third kappa shape index (κ3) is 8.01. The normalized spacial score (nSPS) is 15.8. The first kappa shape index (κ1) is 20.2. The van der Waals surface area contributed by atoms with Crippen molar-refractivity contribution in [2.45, 2.75) is 45.4 Å². The van der Waals surface area contributed by atoms with Crippen molar-refractivity contribution in [3.63, 3.8) is 0 Å². The van der Waals surface area contributed by atoms with E-state index in [2.05, 4.69) is 48.4 Å². The predicted octanol–water partition coefficient (Wildman–Crippen LogP) is 4.36. The van der Waals surface area contributed by atoms with Gasteiger partial charge in [-0.2, -0.15) is 0 Å². The fourth-order valence-corrected chi connectivity index (χ4v) is 2.22. The van der Waals surface area contributed by atoms with Crippen molar-refractivity contribution in [3.05, 3.63) is 29.8 Å². The molecule has 1 aliphatic rings. The molecule has 0 radical (unpaired) electrons. The smallest absolute Gasteiger partial charge is 0.193 e. The molecule has 0 aliphatic heterocycles. The van der Waals surface area contributed by atoms with Crippen molar-refractivity contribution in [1.29, 1.82) is 0 Å². The molecule has 23 heavy (non-hydrogen) atoms. The number of hydrogen-bond donors (Lipinski definition) is 2. The van der Waals surface area contributed by atoms with Gasteiger partial charge in [-0.05, 0) is 55.2 Å². The van der Waals surface area contributed by atoms with Crippen LogP contribution in [0.3, 0.4) is 0 Å². The Morgan fingerprint density at radius 3 is 2.65 bits per heavy atom. The van der Waals surface area contributed by atoms with Crippen LogP contribution in [0.1, 0.15) is 51.0 Å². The van der Waals surface area contributed by atoms with Gasteiger partial charge in [-0.1, -0.05) is 26.0 Å². The van der Waals surface area contributed by atoms with Crippen LogP contribution in [-0.2, 0) is 4.74 Å². The topological polar surface area (TPSA) is 59.6 Å². The van der Waals surface area contributed by atoms with Gasteiger partial charge in [-0.25, -0.2) is 0 Å². The van der Waals surface area contributed by atoms with Crippen LogP contribution in [0.4, 0.5) is 5.69 Å². The maximum Gasteiger partial charge on any atom is 0.193 e. The number of nitrogens with zero attached hydrogens (tertiary/aromatic N) is 1. The predicted molar refractivity (Wildman–Crippen MR) is 109 cm³/mol. The number of hydrogen-bond acceptors (Lipinski definition) is 2. The highest BCUT2D eigenvalue weighted by Gasteiger charge is 2.20. The van der Waals surface area contributed by atoms with Gasteiger partial charge in [0.15, 0.2) is 5.96 Å². The van der Waals surface area contributed by atoms with Crippen molar-refractivity contribution in [3.8, 4) is 0 Å².